The fraction of sp³-hybridized carbons (Fsp3) is 0.944. The molecule has 1 aliphatic carbocycles. The van der Waals surface area contributed by atoms with Gasteiger partial charge in [0, 0.05) is 53.0 Å². The smallest absolute Gasteiger partial charge is 0.191 e. The molecule has 2 unspecified atom stereocenters. The maximum absolute atomic E-state index is 12.1. The lowest BCUT2D eigenvalue weighted by Gasteiger charge is -2.24. The maximum Gasteiger partial charge on any atom is 0.191 e. The predicted molar refractivity (Wildman–Crippen MR) is 104 cm³/mol. The van der Waals surface area contributed by atoms with Gasteiger partial charge in [-0.1, -0.05) is 12.8 Å². The van der Waals surface area contributed by atoms with E-state index in [0.717, 1.165) is 25.1 Å². The van der Waals surface area contributed by atoms with E-state index in [9.17, 15) is 4.21 Å². The molecule has 0 aromatic rings. The Hall–Kier alpha value is -0.620. The minimum absolute atomic E-state index is 0.158. The zero-order chi connectivity index (χ0) is 17.6. The molecule has 1 aliphatic heterocycles. The zero-order valence-corrected chi connectivity index (χ0v) is 16.8. The average molecular weight is 357 g/mol. The summed E-state index contributed by atoms with van der Waals surface area (Å²) >= 11 is 0. The van der Waals surface area contributed by atoms with E-state index in [0.29, 0.717) is 18.3 Å². The van der Waals surface area contributed by atoms with Crippen LogP contribution in [0.15, 0.2) is 4.99 Å². The molecule has 2 aliphatic rings. The van der Waals surface area contributed by atoms with Crippen LogP contribution < -0.4 is 10.6 Å². The second-order valence-corrected chi connectivity index (χ2v) is 10.3. The van der Waals surface area contributed by atoms with Gasteiger partial charge in [-0.05, 0) is 47.0 Å². The second kappa shape index (κ2) is 9.18. The van der Waals surface area contributed by atoms with Gasteiger partial charge in [-0.25, -0.2) is 0 Å². The molecular formula is C18H36N4OS. The molecule has 0 bridgehead atoms. The third-order valence-corrected chi connectivity index (χ3v) is 6.89. The fourth-order valence-electron chi connectivity index (χ4n) is 3.57. The number of hydrogen-bond acceptors (Lipinski definition) is 3. The highest BCUT2D eigenvalue weighted by Gasteiger charge is 2.30. The van der Waals surface area contributed by atoms with E-state index in [1.165, 1.54) is 38.6 Å². The Labute approximate surface area is 150 Å². The molecule has 0 aromatic carbocycles. The lowest BCUT2D eigenvalue weighted by molar-refractivity contribution is 0.242. The molecule has 5 nitrogen and oxygen atoms in total. The van der Waals surface area contributed by atoms with Crippen LogP contribution in [0.1, 0.15) is 59.8 Å². The summed E-state index contributed by atoms with van der Waals surface area (Å²) in [6, 6.07) is 1.29. The van der Waals surface area contributed by atoms with Crippen LogP contribution in [0.3, 0.4) is 0 Å². The van der Waals surface area contributed by atoms with Crippen LogP contribution in [0.4, 0.5) is 0 Å². The summed E-state index contributed by atoms with van der Waals surface area (Å²) in [4.78, 5) is 7.29. The molecule has 0 radical (unpaired) electrons. The predicted octanol–water partition coefficient (Wildman–Crippen LogP) is 2.11. The number of rotatable bonds is 6. The molecule has 0 aromatic heterocycles. The first kappa shape index (κ1) is 19.7. The Morgan fingerprint density at radius 2 is 1.96 bits per heavy atom. The van der Waals surface area contributed by atoms with Crippen molar-refractivity contribution in [1.82, 2.24) is 15.5 Å². The SMILES string of the molecule is CCNC(=NCCS(=O)C(C)(C)C)NC1CCN(C2CCCC2)C1. The Morgan fingerprint density at radius 1 is 1.25 bits per heavy atom. The van der Waals surface area contributed by atoms with Gasteiger partial charge in [0.05, 0.1) is 6.54 Å². The minimum atomic E-state index is -0.840. The van der Waals surface area contributed by atoms with E-state index < -0.39 is 10.8 Å². The summed E-state index contributed by atoms with van der Waals surface area (Å²) < 4.78 is 12.0. The molecule has 1 saturated heterocycles. The molecule has 6 heteroatoms. The van der Waals surface area contributed by atoms with Crippen molar-refractivity contribution in [3.8, 4) is 0 Å². The van der Waals surface area contributed by atoms with E-state index in [2.05, 4.69) is 27.4 Å². The quantitative estimate of drug-likeness (QED) is 0.565. The monoisotopic (exact) mass is 356 g/mol. The first-order valence-corrected chi connectivity index (χ1v) is 10.9. The highest BCUT2D eigenvalue weighted by molar-refractivity contribution is 7.86. The van der Waals surface area contributed by atoms with Crippen LogP contribution in [-0.4, -0.2) is 63.8 Å². The number of nitrogens with zero attached hydrogens (tertiary/aromatic N) is 2. The first-order chi connectivity index (χ1) is 11.4. The van der Waals surface area contributed by atoms with Crippen LogP contribution in [0, 0.1) is 0 Å². The standard InChI is InChI=1S/C18H36N4OS/c1-5-19-17(20-11-13-24(23)18(2,3)4)21-15-10-12-22(14-15)16-8-6-7-9-16/h15-16H,5-14H2,1-4H3,(H2,19,20,21). The van der Waals surface area contributed by atoms with E-state index in [4.69, 9.17) is 0 Å². The van der Waals surface area contributed by atoms with Crippen molar-refractivity contribution in [2.45, 2.75) is 76.6 Å². The number of guanidine groups is 1. The maximum atomic E-state index is 12.1. The van der Waals surface area contributed by atoms with Crippen LogP contribution in [0.2, 0.25) is 0 Å². The van der Waals surface area contributed by atoms with E-state index in [1.807, 2.05) is 20.8 Å². The Morgan fingerprint density at radius 3 is 2.58 bits per heavy atom. The van der Waals surface area contributed by atoms with Crippen LogP contribution >= 0.6 is 0 Å². The van der Waals surface area contributed by atoms with E-state index >= 15 is 0 Å². The molecular weight excluding hydrogens is 320 g/mol. The molecule has 1 saturated carbocycles. The van der Waals surface area contributed by atoms with Gasteiger partial charge in [0.25, 0.3) is 0 Å². The molecule has 1 heterocycles. The van der Waals surface area contributed by atoms with Gasteiger partial charge < -0.3 is 10.6 Å². The van der Waals surface area contributed by atoms with Crippen molar-refractivity contribution in [3.05, 3.63) is 0 Å². The van der Waals surface area contributed by atoms with Crippen LogP contribution in [0.25, 0.3) is 0 Å². The first-order valence-electron chi connectivity index (χ1n) is 9.57. The van der Waals surface area contributed by atoms with Gasteiger partial charge >= 0.3 is 0 Å². The van der Waals surface area contributed by atoms with Crippen molar-refractivity contribution in [2.24, 2.45) is 4.99 Å². The molecule has 2 rings (SSSR count). The summed E-state index contributed by atoms with van der Waals surface area (Å²) in [7, 11) is -0.840. The van der Waals surface area contributed by atoms with Crippen molar-refractivity contribution < 1.29 is 4.21 Å². The molecule has 140 valence electrons. The highest BCUT2D eigenvalue weighted by Crippen LogP contribution is 2.26. The Balaban J connectivity index is 1.80. The van der Waals surface area contributed by atoms with Crippen molar-refractivity contribution in [2.75, 3.05) is 31.9 Å². The van der Waals surface area contributed by atoms with Gasteiger partial charge in [0.2, 0.25) is 0 Å². The summed E-state index contributed by atoms with van der Waals surface area (Å²) in [5.41, 5.74) is 0. The third kappa shape index (κ3) is 6.03. The van der Waals surface area contributed by atoms with E-state index in [-0.39, 0.29) is 4.75 Å². The third-order valence-electron chi connectivity index (χ3n) is 4.98. The molecule has 0 spiro atoms. The van der Waals surface area contributed by atoms with Crippen LogP contribution in [-0.2, 0) is 10.8 Å². The number of nitrogens with one attached hydrogen (secondary N) is 2. The molecule has 2 fully saturated rings. The second-order valence-electron chi connectivity index (χ2n) is 7.99. The van der Waals surface area contributed by atoms with Gasteiger partial charge in [-0.2, -0.15) is 0 Å². The zero-order valence-electron chi connectivity index (χ0n) is 15.9. The molecule has 0 amide bonds. The number of likely N-dealkylation sites (tertiary alicyclic amines) is 1. The topological polar surface area (TPSA) is 56.7 Å². The number of hydrogen-bond donors (Lipinski definition) is 2. The molecule has 2 atom stereocenters. The molecule has 2 N–H and O–H groups in total. The van der Waals surface area contributed by atoms with Gasteiger partial charge in [-0.15, -0.1) is 0 Å². The van der Waals surface area contributed by atoms with Crippen molar-refractivity contribution in [3.63, 3.8) is 0 Å². The Bertz CT molecular complexity index is 441. The normalized spacial score (nSPS) is 25.2. The largest absolute Gasteiger partial charge is 0.357 e. The van der Waals surface area contributed by atoms with Crippen molar-refractivity contribution >= 4 is 16.8 Å². The van der Waals surface area contributed by atoms with Gasteiger partial charge in [0.15, 0.2) is 5.96 Å². The summed E-state index contributed by atoms with van der Waals surface area (Å²) in [6.45, 7) is 11.9. The molecule has 24 heavy (non-hydrogen) atoms. The highest BCUT2D eigenvalue weighted by atomic mass is 32.2. The van der Waals surface area contributed by atoms with Crippen molar-refractivity contribution in [1.29, 1.82) is 0 Å². The minimum Gasteiger partial charge on any atom is -0.357 e. The van der Waals surface area contributed by atoms with E-state index in [1.54, 1.807) is 0 Å². The lowest BCUT2D eigenvalue weighted by atomic mass is 10.2. The lowest BCUT2D eigenvalue weighted by Crippen LogP contribution is -2.45. The van der Waals surface area contributed by atoms with Gasteiger partial charge in [0.1, 0.15) is 0 Å². The summed E-state index contributed by atoms with van der Waals surface area (Å²) in [5, 5.41) is 6.91. The summed E-state index contributed by atoms with van der Waals surface area (Å²) in [6.07, 6.45) is 6.73. The van der Waals surface area contributed by atoms with Crippen LogP contribution in [0.5, 0.6) is 0 Å². The number of aliphatic imine (C=N–C) groups is 1. The average Bonchev–Trinajstić information content (AvgIpc) is 3.17. The Kier molecular flexibility index (Phi) is 7.54. The summed E-state index contributed by atoms with van der Waals surface area (Å²) in [5.74, 6) is 1.50. The fourth-order valence-corrected chi connectivity index (χ4v) is 4.44. The van der Waals surface area contributed by atoms with Gasteiger partial charge in [-0.3, -0.25) is 14.1 Å².